The fourth-order valence-corrected chi connectivity index (χ4v) is 4.67. The van der Waals surface area contributed by atoms with Gasteiger partial charge in [0.05, 0.1) is 6.07 Å². The molecule has 2 saturated heterocycles. The number of likely N-dealkylation sites (N-methyl/N-ethyl adjacent to an activating group) is 1. The van der Waals surface area contributed by atoms with Gasteiger partial charge in [0.15, 0.2) is 0 Å². The van der Waals surface area contributed by atoms with Crippen molar-refractivity contribution in [3.63, 3.8) is 0 Å². The van der Waals surface area contributed by atoms with E-state index in [1.165, 1.54) is 19.3 Å². The summed E-state index contributed by atoms with van der Waals surface area (Å²) in [5.41, 5.74) is -0.710. The first kappa shape index (κ1) is 14.8. The van der Waals surface area contributed by atoms with Gasteiger partial charge in [0, 0.05) is 18.6 Å². The summed E-state index contributed by atoms with van der Waals surface area (Å²) in [5.74, 6) is 0.146. The highest BCUT2D eigenvalue weighted by Crippen LogP contribution is 2.40. The van der Waals surface area contributed by atoms with Crippen molar-refractivity contribution in [3.05, 3.63) is 0 Å². The van der Waals surface area contributed by atoms with Crippen molar-refractivity contribution in [2.24, 2.45) is 5.41 Å². The monoisotopic (exact) mass is 289 g/mol. The van der Waals surface area contributed by atoms with Gasteiger partial charge in [-0.3, -0.25) is 4.79 Å². The number of nitrogens with zero attached hydrogens (tertiary/aromatic N) is 3. The highest BCUT2D eigenvalue weighted by molar-refractivity contribution is 5.86. The minimum absolute atomic E-state index is 0.146. The maximum Gasteiger partial charge on any atom is 0.243 e. The van der Waals surface area contributed by atoms with Crippen LogP contribution in [0.2, 0.25) is 0 Å². The van der Waals surface area contributed by atoms with Crippen LogP contribution in [0.5, 0.6) is 0 Å². The molecule has 0 spiro atoms. The topological polar surface area (TPSA) is 47.3 Å². The fourth-order valence-electron chi connectivity index (χ4n) is 4.67. The number of rotatable bonds is 2. The molecule has 2 aliphatic heterocycles. The summed E-state index contributed by atoms with van der Waals surface area (Å²) in [6.45, 7) is 2.00. The number of amides is 1. The zero-order valence-corrected chi connectivity index (χ0v) is 13.2. The highest BCUT2D eigenvalue weighted by Gasteiger charge is 2.47. The van der Waals surface area contributed by atoms with E-state index in [4.69, 9.17) is 0 Å². The van der Waals surface area contributed by atoms with Crippen molar-refractivity contribution in [1.82, 2.24) is 9.80 Å². The largest absolute Gasteiger partial charge is 0.337 e. The normalized spacial score (nSPS) is 33.0. The van der Waals surface area contributed by atoms with E-state index in [0.29, 0.717) is 12.1 Å². The summed E-state index contributed by atoms with van der Waals surface area (Å²) in [7, 11) is 2.18. The lowest BCUT2D eigenvalue weighted by atomic mass is 9.74. The molecule has 2 unspecified atom stereocenters. The van der Waals surface area contributed by atoms with Crippen LogP contribution >= 0.6 is 0 Å². The van der Waals surface area contributed by atoms with Gasteiger partial charge in [-0.1, -0.05) is 19.3 Å². The standard InChI is InChI=1S/C17H27N3O/c1-19-11-5-7-14(19)15-8-6-12-20(15)16(21)17(13-18)9-3-2-4-10-17/h14-15H,2-12H2,1H3. The number of hydrogen-bond acceptors (Lipinski definition) is 3. The lowest BCUT2D eigenvalue weighted by molar-refractivity contribution is -0.142. The Morgan fingerprint density at radius 1 is 1.05 bits per heavy atom. The summed E-state index contributed by atoms with van der Waals surface area (Å²) >= 11 is 0. The lowest BCUT2D eigenvalue weighted by Crippen LogP contribution is -2.52. The predicted molar refractivity (Wildman–Crippen MR) is 81.5 cm³/mol. The fraction of sp³-hybridized carbons (Fsp3) is 0.882. The molecule has 4 heteroatoms. The van der Waals surface area contributed by atoms with E-state index in [9.17, 15) is 10.1 Å². The van der Waals surface area contributed by atoms with E-state index < -0.39 is 5.41 Å². The third kappa shape index (κ3) is 2.57. The molecule has 0 aromatic carbocycles. The van der Waals surface area contributed by atoms with Crippen LogP contribution in [0.15, 0.2) is 0 Å². The van der Waals surface area contributed by atoms with E-state index in [-0.39, 0.29) is 5.91 Å². The second-order valence-electron chi connectivity index (χ2n) is 7.15. The van der Waals surface area contributed by atoms with E-state index in [1.807, 2.05) is 0 Å². The van der Waals surface area contributed by atoms with Crippen molar-refractivity contribution in [2.45, 2.75) is 69.9 Å². The molecule has 3 aliphatic rings. The van der Waals surface area contributed by atoms with Crippen LogP contribution in [0.3, 0.4) is 0 Å². The summed E-state index contributed by atoms with van der Waals surface area (Å²) < 4.78 is 0. The van der Waals surface area contributed by atoms with Gasteiger partial charge < -0.3 is 9.80 Å². The molecule has 1 saturated carbocycles. The van der Waals surface area contributed by atoms with Gasteiger partial charge in [0.2, 0.25) is 5.91 Å². The summed E-state index contributed by atoms with van der Waals surface area (Å²) in [6.07, 6.45) is 9.42. The Morgan fingerprint density at radius 3 is 2.33 bits per heavy atom. The Bertz CT molecular complexity index is 436. The van der Waals surface area contributed by atoms with Crippen molar-refractivity contribution in [1.29, 1.82) is 5.26 Å². The van der Waals surface area contributed by atoms with Gasteiger partial charge in [0.1, 0.15) is 5.41 Å². The molecule has 4 nitrogen and oxygen atoms in total. The van der Waals surface area contributed by atoms with E-state index in [1.54, 1.807) is 0 Å². The number of carbonyl (C=O) groups is 1. The Morgan fingerprint density at radius 2 is 1.71 bits per heavy atom. The SMILES string of the molecule is CN1CCCC1C1CCCN1C(=O)C1(C#N)CCCCC1. The molecule has 21 heavy (non-hydrogen) atoms. The van der Waals surface area contributed by atoms with Crippen LogP contribution in [0.4, 0.5) is 0 Å². The summed E-state index contributed by atoms with van der Waals surface area (Å²) in [4.78, 5) is 17.6. The molecule has 116 valence electrons. The van der Waals surface area contributed by atoms with Gasteiger partial charge in [-0.2, -0.15) is 5.26 Å². The van der Waals surface area contributed by atoms with Crippen LogP contribution in [-0.4, -0.2) is 47.9 Å². The molecule has 2 heterocycles. The number of nitriles is 1. The summed E-state index contributed by atoms with van der Waals surface area (Å²) in [6, 6.07) is 3.27. The molecule has 3 fully saturated rings. The maximum absolute atomic E-state index is 13.1. The molecule has 0 aromatic rings. The molecule has 0 aromatic heterocycles. The first-order valence-electron chi connectivity index (χ1n) is 8.60. The quantitative estimate of drug-likeness (QED) is 0.785. The third-order valence-corrected chi connectivity index (χ3v) is 5.91. The van der Waals surface area contributed by atoms with E-state index in [2.05, 4.69) is 22.9 Å². The van der Waals surface area contributed by atoms with Crippen LogP contribution in [-0.2, 0) is 4.79 Å². The van der Waals surface area contributed by atoms with Crippen molar-refractivity contribution in [3.8, 4) is 6.07 Å². The number of likely N-dealkylation sites (tertiary alicyclic amines) is 2. The molecule has 2 atom stereocenters. The predicted octanol–water partition coefficient (Wildman–Crippen LogP) is 2.55. The first-order valence-corrected chi connectivity index (χ1v) is 8.60. The first-order chi connectivity index (χ1) is 10.2. The second kappa shape index (κ2) is 5.96. The molecular formula is C17H27N3O. The molecular weight excluding hydrogens is 262 g/mol. The molecule has 1 amide bonds. The molecule has 1 aliphatic carbocycles. The lowest BCUT2D eigenvalue weighted by Gasteiger charge is -2.39. The minimum Gasteiger partial charge on any atom is -0.337 e. The van der Waals surface area contributed by atoms with E-state index in [0.717, 1.165) is 51.6 Å². The van der Waals surface area contributed by atoms with Crippen LogP contribution in [0.25, 0.3) is 0 Å². The zero-order valence-electron chi connectivity index (χ0n) is 13.2. The van der Waals surface area contributed by atoms with Crippen LogP contribution < -0.4 is 0 Å². The Kier molecular flexibility index (Phi) is 4.21. The molecule has 3 rings (SSSR count). The average Bonchev–Trinajstić information content (AvgIpc) is 3.15. The number of carbonyl (C=O) groups excluding carboxylic acids is 1. The van der Waals surface area contributed by atoms with Crippen molar-refractivity contribution in [2.75, 3.05) is 20.1 Å². The average molecular weight is 289 g/mol. The Hall–Kier alpha value is -1.08. The van der Waals surface area contributed by atoms with Gasteiger partial charge in [0.25, 0.3) is 0 Å². The molecule has 0 N–H and O–H groups in total. The van der Waals surface area contributed by atoms with Crippen molar-refractivity contribution >= 4 is 5.91 Å². The third-order valence-electron chi connectivity index (χ3n) is 5.91. The minimum atomic E-state index is -0.710. The van der Waals surface area contributed by atoms with Gasteiger partial charge in [-0.05, 0) is 52.1 Å². The van der Waals surface area contributed by atoms with Gasteiger partial charge >= 0.3 is 0 Å². The van der Waals surface area contributed by atoms with E-state index >= 15 is 0 Å². The summed E-state index contributed by atoms with van der Waals surface area (Å²) in [5, 5.41) is 9.67. The second-order valence-corrected chi connectivity index (χ2v) is 7.15. The van der Waals surface area contributed by atoms with Crippen molar-refractivity contribution < 1.29 is 4.79 Å². The Labute approximate surface area is 128 Å². The molecule has 0 bridgehead atoms. The van der Waals surface area contributed by atoms with Crippen LogP contribution in [0.1, 0.15) is 57.8 Å². The maximum atomic E-state index is 13.1. The smallest absolute Gasteiger partial charge is 0.243 e. The van der Waals surface area contributed by atoms with Gasteiger partial charge in [-0.15, -0.1) is 0 Å². The highest BCUT2D eigenvalue weighted by atomic mass is 16.2. The Balaban J connectivity index is 1.78. The molecule has 0 radical (unpaired) electrons. The van der Waals surface area contributed by atoms with Gasteiger partial charge in [-0.25, -0.2) is 0 Å². The zero-order chi connectivity index (χ0) is 14.9. The van der Waals surface area contributed by atoms with Crippen LogP contribution in [0, 0.1) is 16.7 Å². The number of hydrogen-bond donors (Lipinski definition) is 0.